The number of nitrogens with zero attached hydrogens (tertiary/aromatic N) is 2. The normalized spacial score (nSPS) is 14.4. The molecule has 1 aliphatic heterocycles. The number of hydrogen-bond donors (Lipinski definition) is 0. The Hall–Kier alpha value is -2.22. The monoisotopic (exact) mass is 390 g/mol. The van der Waals surface area contributed by atoms with Gasteiger partial charge in [0.05, 0.1) is 31.9 Å². The lowest BCUT2D eigenvalue weighted by molar-refractivity contribution is -0.138. The first-order chi connectivity index (χ1) is 13.5. The maximum absolute atomic E-state index is 13.2. The Balaban J connectivity index is 2.56. The highest BCUT2D eigenvalue weighted by Crippen LogP contribution is 2.33. The molecule has 0 fully saturated rings. The van der Waals surface area contributed by atoms with Gasteiger partial charge in [-0.2, -0.15) is 0 Å². The molecule has 1 aliphatic rings. The molecule has 0 aromatic heterocycles. The molecule has 0 aliphatic carbocycles. The van der Waals surface area contributed by atoms with Gasteiger partial charge in [-0.15, -0.1) is 0 Å². The van der Waals surface area contributed by atoms with Crippen LogP contribution >= 0.6 is 0 Å². The van der Waals surface area contributed by atoms with E-state index >= 15 is 0 Å². The van der Waals surface area contributed by atoms with Crippen LogP contribution in [0.1, 0.15) is 16.7 Å². The molecule has 0 N–H and O–H groups in total. The second kappa shape index (κ2) is 10.4. The summed E-state index contributed by atoms with van der Waals surface area (Å²) in [5.74, 6) is -0.590. The summed E-state index contributed by atoms with van der Waals surface area (Å²) in [6.07, 6.45) is 0. The largest absolute Gasteiger partial charge is 0.383 e. The predicted octanol–water partition coefficient (Wildman–Crippen LogP) is 1.62. The second-order valence-corrected chi connectivity index (χ2v) is 6.77. The summed E-state index contributed by atoms with van der Waals surface area (Å²) < 4.78 is 15.5. The number of hydrogen-bond acceptors (Lipinski definition) is 6. The van der Waals surface area contributed by atoms with E-state index < -0.39 is 0 Å². The van der Waals surface area contributed by atoms with Gasteiger partial charge in [-0.25, -0.2) is 0 Å². The lowest BCUT2D eigenvalue weighted by atomic mass is 9.97. The van der Waals surface area contributed by atoms with E-state index in [-0.39, 0.29) is 18.4 Å². The fourth-order valence-corrected chi connectivity index (χ4v) is 3.32. The minimum atomic E-state index is -0.302. The molecule has 0 saturated carbocycles. The predicted molar refractivity (Wildman–Crippen MR) is 107 cm³/mol. The average molecular weight is 390 g/mol. The molecule has 7 nitrogen and oxygen atoms in total. The first kappa shape index (κ1) is 22.1. The summed E-state index contributed by atoms with van der Waals surface area (Å²) in [5, 5.41) is 0. The van der Waals surface area contributed by atoms with E-state index in [9.17, 15) is 9.59 Å². The SMILES string of the molecule is COCCN(CCOC)C1=C(c2ccc(C)cc2C)C(=O)N(CCOC)C1=O. The zero-order valence-corrected chi connectivity index (χ0v) is 17.4. The summed E-state index contributed by atoms with van der Waals surface area (Å²) in [7, 11) is 4.77. The molecule has 1 aromatic carbocycles. The number of benzene rings is 1. The van der Waals surface area contributed by atoms with Crippen molar-refractivity contribution in [3.63, 3.8) is 0 Å². The van der Waals surface area contributed by atoms with Gasteiger partial charge in [0.1, 0.15) is 5.70 Å². The van der Waals surface area contributed by atoms with Crippen molar-refractivity contribution in [2.45, 2.75) is 13.8 Å². The highest BCUT2D eigenvalue weighted by molar-refractivity contribution is 6.35. The van der Waals surface area contributed by atoms with Crippen molar-refractivity contribution >= 4 is 17.4 Å². The number of carbonyl (C=O) groups is 2. The second-order valence-electron chi connectivity index (χ2n) is 6.77. The third kappa shape index (κ3) is 4.79. The Labute approximate surface area is 166 Å². The van der Waals surface area contributed by atoms with Crippen LogP contribution in [0.25, 0.3) is 5.57 Å². The van der Waals surface area contributed by atoms with Crippen LogP contribution in [0.5, 0.6) is 0 Å². The van der Waals surface area contributed by atoms with Crippen molar-refractivity contribution in [2.75, 3.05) is 60.8 Å². The summed E-state index contributed by atoms with van der Waals surface area (Å²) in [6.45, 7) is 6.32. The fraction of sp³-hybridized carbons (Fsp3) is 0.524. The first-order valence-corrected chi connectivity index (χ1v) is 9.36. The smallest absolute Gasteiger partial charge is 0.277 e. The van der Waals surface area contributed by atoms with Crippen LogP contribution in [0.15, 0.2) is 23.9 Å². The molecule has 0 saturated heterocycles. The molecular formula is C21H30N2O5. The van der Waals surface area contributed by atoms with Gasteiger partial charge in [-0.3, -0.25) is 14.5 Å². The third-order valence-electron chi connectivity index (χ3n) is 4.76. The van der Waals surface area contributed by atoms with E-state index in [0.29, 0.717) is 44.2 Å². The zero-order chi connectivity index (χ0) is 20.7. The molecular weight excluding hydrogens is 360 g/mol. The Morgan fingerprint density at radius 1 is 0.893 bits per heavy atom. The summed E-state index contributed by atoms with van der Waals surface area (Å²) in [6, 6.07) is 5.89. The van der Waals surface area contributed by atoms with Gasteiger partial charge in [0, 0.05) is 34.4 Å². The maximum Gasteiger partial charge on any atom is 0.277 e. The molecule has 0 spiro atoms. The highest BCUT2D eigenvalue weighted by atomic mass is 16.5. The lowest BCUT2D eigenvalue weighted by Gasteiger charge is -2.25. The van der Waals surface area contributed by atoms with Crippen molar-refractivity contribution in [1.29, 1.82) is 0 Å². The Bertz CT molecular complexity index is 736. The number of carbonyl (C=O) groups excluding carboxylic acids is 2. The topological polar surface area (TPSA) is 68.3 Å². The minimum Gasteiger partial charge on any atom is -0.383 e. The van der Waals surface area contributed by atoms with Crippen molar-refractivity contribution in [3.8, 4) is 0 Å². The van der Waals surface area contributed by atoms with Crippen molar-refractivity contribution in [2.24, 2.45) is 0 Å². The lowest BCUT2D eigenvalue weighted by Crippen LogP contribution is -2.39. The van der Waals surface area contributed by atoms with Crippen LogP contribution in [-0.4, -0.2) is 82.4 Å². The molecule has 0 bridgehead atoms. The van der Waals surface area contributed by atoms with Crippen molar-refractivity contribution in [3.05, 3.63) is 40.6 Å². The van der Waals surface area contributed by atoms with Gasteiger partial charge in [0.15, 0.2) is 0 Å². The van der Waals surface area contributed by atoms with Gasteiger partial charge in [0.2, 0.25) is 0 Å². The van der Waals surface area contributed by atoms with Gasteiger partial charge < -0.3 is 19.1 Å². The molecule has 1 aromatic rings. The van der Waals surface area contributed by atoms with E-state index in [2.05, 4.69) is 0 Å². The molecule has 7 heteroatoms. The molecule has 0 radical (unpaired) electrons. The van der Waals surface area contributed by atoms with Crippen LogP contribution in [0.2, 0.25) is 0 Å². The molecule has 2 rings (SSSR count). The van der Waals surface area contributed by atoms with E-state index in [0.717, 1.165) is 16.7 Å². The van der Waals surface area contributed by atoms with Gasteiger partial charge in [-0.05, 0) is 25.0 Å². The Kier molecular flexibility index (Phi) is 8.17. The average Bonchev–Trinajstić information content (AvgIpc) is 2.91. The molecule has 0 atom stereocenters. The Morgan fingerprint density at radius 2 is 1.50 bits per heavy atom. The van der Waals surface area contributed by atoms with Crippen molar-refractivity contribution in [1.82, 2.24) is 9.80 Å². The van der Waals surface area contributed by atoms with Crippen LogP contribution in [0, 0.1) is 13.8 Å². The number of amides is 2. The molecule has 0 unspecified atom stereocenters. The minimum absolute atomic E-state index is 0.217. The van der Waals surface area contributed by atoms with E-state index in [1.807, 2.05) is 36.9 Å². The maximum atomic E-state index is 13.2. The standard InChI is InChI=1S/C21H30N2O5/c1-15-6-7-17(16(2)14-15)18-19(22(8-11-26-3)9-12-27-4)21(25)23(20(18)24)10-13-28-5/h6-7,14H,8-13H2,1-5H3. The first-order valence-electron chi connectivity index (χ1n) is 9.36. The van der Waals surface area contributed by atoms with Crippen LogP contribution < -0.4 is 0 Å². The number of imide groups is 1. The van der Waals surface area contributed by atoms with Gasteiger partial charge >= 0.3 is 0 Å². The summed E-state index contributed by atoms with van der Waals surface area (Å²) in [5.41, 5.74) is 3.68. The zero-order valence-electron chi connectivity index (χ0n) is 17.4. The molecule has 1 heterocycles. The number of rotatable bonds is 11. The van der Waals surface area contributed by atoms with Crippen molar-refractivity contribution < 1.29 is 23.8 Å². The van der Waals surface area contributed by atoms with E-state index in [1.54, 1.807) is 21.3 Å². The van der Waals surface area contributed by atoms with E-state index in [1.165, 1.54) is 4.90 Å². The third-order valence-corrected chi connectivity index (χ3v) is 4.76. The van der Waals surface area contributed by atoms with E-state index in [4.69, 9.17) is 14.2 Å². The number of methoxy groups -OCH3 is 3. The van der Waals surface area contributed by atoms with Crippen LogP contribution in [-0.2, 0) is 23.8 Å². The summed E-state index contributed by atoms with van der Waals surface area (Å²) >= 11 is 0. The van der Waals surface area contributed by atoms with Gasteiger partial charge in [0.25, 0.3) is 11.8 Å². The Morgan fingerprint density at radius 3 is 2.04 bits per heavy atom. The fourth-order valence-electron chi connectivity index (χ4n) is 3.32. The number of aryl methyl sites for hydroxylation is 2. The summed E-state index contributed by atoms with van der Waals surface area (Å²) in [4.78, 5) is 29.6. The van der Waals surface area contributed by atoms with Crippen LogP contribution in [0.4, 0.5) is 0 Å². The molecule has 154 valence electrons. The highest BCUT2D eigenvalue weighted by Gasteiger charge is 2.41. The molecule has 28 heavy (non-hydrogen) atoms. The molecule has 2 amide bonds. The van der Waals surface area contributed by atoms with Gasteiger partial charge in [-0.1, -0.05) is 23.8 Å². The van der Waals surface area contributed by atoms with Crippen LogP contribution in [0.3, 0.4) is 0 Å². The quantitative estimate of drug-likeness (QED) is 0.535. The number of ether oxygens (including phenoxy) is 3.